The molecule has 7 nitrogen and oxygen atoms in total. The van der Waals surface area contributed by atoms with E-state index in [1.54, 1.807) is 17.0 Å². The zero-order valence-corrected chi connectivity index (χ0v) is 21.6. The van der Waals surface area contributed by atoms with Crippen molar-refractivity contribution in [2.75, 3.05) is 44.2 Å². The van der Waals surface area contributed by atoms with Gasteiger partial charge >= 0.3 is 12.4 Å². The highest BCUT2D eigenvalue weighted by molar-refractivity contribution is 5.75. The second kappa shape index (κ2) is 12.4. The third-order valence-corrected chi connectivity index (χ3v) is 7.35. The molecule has 10 heteroatoms. The quantitative estimate of drug-likeness (QED) is 0.548. The van der Waals surface area contributed by atoms with E-state index >= 15 is 0 Å². The molecule has 1 atom stereocenters. The van der Waals surface area contributed by atoms with E-state index in [0.717, 1.165) is 38.9 Å². The summed E-state index contributed by atoms with van der Waals surface area (Å²) in [5, 5.41) is 12.2. The Morgan fingerprint density at radius 1 is 1.11 bits per heavy atom. The number of likely N-dealkylation sites (tertiary alicyclic amines) is 1. The molecule has 0 unspecified atom stereocenters. The van der Waals surface area contributed by atoms with Crippen molar-refractivity contribution < 1.29 is 22.7 Å². The summed E-state index contributed by atoms with van der Waals surface area (Å²) in [4.78, 5) is 19.0. The van der Waals surface area contributed by atoms with Crippen molar-refractivity contribution in [1.82, 2.24) is 15.1 Å². The minimum Gasteiger partial charge on any atom is -0.404 e. The van der Waals surface area contributed by atoms with Crippen LogP contribution in [-0.4, -0.2) is 67.5 Å². The lowest BCUT2D eigenvalue weighted by molar-refractivity contribution is -0.274. The van der Waals surface area contributed by atoms with E-state index in [9.17, 15) is 18.0 Å². The maximum absolute atomic E-state index is 12.8. The molecule has 2 aromatic rings. The molecule has 2 saturated heterocycles. The maximum Gasteiger partial charge on any atom is 0.573 e. The van der Waals surface area contributed by atoms with Crippen LogP contribution in [0.25, 0.3) is 0 Å². The topological polar surface area (TPSA) is 71.8 Å². The number of nitrogens with zero attached hydrogens (tertiary/aromatic N) is 4. The van der Waals surface area contributed by atoms with E-state index in [-0.39, 0.29) is 17.6 Å². The Labute approximate surface area is 221 Å². The number of rotatable bonds is 7. The third-order valence-electron chi connectivity index (χ3n) is 7.35. The van der Waals surface area contributed by atoms with Gasteiger partial charge in [-0.05, 0) is 62.9 Å². The van der Waals surface area contributed by atoms with Gasteiger partial charge in [0.1, 0.15) is 11.8 Å². The number of piperidine rings is 1. The molecule has 0 bridgehead atoms. The van der Waals surface area contributed by atoms with Gasteiger partial charge in [0, 0.05) is 50.5 Å². The number of ether oxygens (including phenoxy) is 1. The molecule has 4 rings (SSSR count). The van der Waals surface area contributed by atoms with Crippen LogP contribution in [0.3, 0.4) is 0 Å². The first-order valence-corrected chi connectivity index (χ1v) is 13.1. The van der Waals surface area contributed by atoms with Crippen molar-refractivity contribution in [2.24, 2.45) is 5.92 Å². The van der Waals surface area contributed by atoms with E-state index in [2.05, 4.69) is 39.2 Å². The number of halogens is 3. The molecule has 2 amide bonds. The molecule has 0 spiro atoms. The Hall–Kier alpha value is -3.45. The number of nitrogens with one attached hydrogen (secondary N) is 1. The van der Waals surface area contributed by atoms with E-state index in [4.69, 9.17) is 5.26 Å². The Kier molecular flexibility index (Phi) is 9.00. The van der Waals surface area contributed by atoms with Crippen LogP contribution in [-0.2, 0) is 6.54 Å². The average Bonchev–Trinajstić information content (AvgIpc) is 2.89. The molecule has 2 aliphatic rings. The van der Waals surface area contributed by atoms with Gasteiger partial charge in [-0.3, -0.25) is 4.90 Å². The number of urea groups is 1. The predicted octanol–water partition coefficient (Wildman–Crippen LogP) is 4.98. The fraction of sp³-hybridized carbons (Fsp3) is 0.500. The lowest BCUT2D eigenvalue weighted by atomic mass is 9.93. The average molecular weight is 530 g/mol. The highest BCUT2D eigenvalue weighted by Gasteiger charge is 2.33. The van der Waals surface area contributed by atoms with Gasteiger partial charge in [0.15, 0.2) is 0 Å². The molecule has 2 aliphatic heterocycles. The van der Waals surface area contributed by atoms with Crippen molar-refractivity contribution in [1.29, 1.82) is 5.26 Å². The molecule has 0 radical (unpaired) electrons. The SMILES string of the molecule is C[C@@H]1CN(c2ccc(C#N)c(OC(F)(F)F)c2)CCN1C(=O)NCCC1CCN(Cc2ccccc2)CC1. The normalized spacial score (nSPS) is 19.2. The van der Waals surface area contributed by atoms with Gasteiger partial charge in [0.25, 0.3) is 0 Å². The molecule has 0 aliphatic carbocycles. The van der Waals surface area contributed by atoms with Crippen LogP contribution in [0.2, 0.25) is 0 Å². The summed E-state index contributed by atoms with van der Waals surface area (Å²) in [7, 11) is 0. The van der Waals surface area contributed by atoms with Gasteiger partial charge in [0.05, 0.1) is 5.56 Å². The number of amides is 2. The molecule has 2 aromatic carbocycles. The number of nitriles is 1. The smallest absolute Gasteiger partial charge is 0.404 e. The number of hydrogen-bond acceptors (Lipinski definition) is 5. The highest BCUT2D eigenvalue weighted by Crippen LogP contribution is 2.31. The number of anilines is 1. The van der Waals surface area contributed by atoms with Crippen LogP contribution in [0.4, 0.5) is 23.7 Å². The van der Waals surface area contributed by atoms with Gasteiger partial charge in [-0.2, -0.15) is 5.26 Å². The Bertz CT molecular complexity index is 1110. The van der Waals surface area contributed by atoms with Gasteiger partial charge in [0.2, 0.25) is 0 Å². The second-order valence-corrected chi connectivity index (χ2v) is 10.1. The Balaban J connectivity index is 1.20. The first-order chi connectivity index (χ1) is 18.2. The summed E-state index contributed by atoms with van der Waals surface area (Å²) >= 11 is 0. The number of carbonyl (C=O) groups excluding carboxylic acids is 1. The summed E-state index contributed by atoms with van der Waals surface area (Å²) in [6, 6.07) is 16.1. The Morgan fingerprint density at radius 3 is 2.50 bits per heavy atom. The molecular weight excluding hydrogens is 495 g/mol. The first-order valence-electron chi connectivity index (χ1n) is 13.1. The molecule has 1 N–H and O–H groups in total. The van der Waals surface area contributed by atoms with Crippen molar-refractivity contribution >= 4 is 11.7 Å². The van der Waals surface area contributed by atoms with Crippen molar-refractivity contribution in [3.8, 4) is 11.8 Å². The van der Waals surface area contributed by atoms with Crippen LogP contribution >= 0.6 is 0 Å². The van der Waals surface area contributed by atoms with Crippen LogP contribution < -0.4 is 15.0 Å². The summed E-state index contributed by atoms with van der Waals surface area (Å²) < 4.78 is 42.3. The molecule has 38 heavy (non-hydrogen) atoms. The summed E-state index contributed by atoms with van der Waals surface area (Å²) in [5.74, 6) is 0.0808. The van der Waals surface area contributed by atoms with Crippen LogP contribution in [0, 0.1) is 17.2 Å². The maximum atomic E-state index is 12.8. The molecule has 2 fully saturated rings. The minimum atomic E-state index is -4.88. The van der Waals surface area contributed by atoms with E-state index in [0.29, 0.717) is 37.8 Å². The first kappa shape index (κ1) is 27.6. The molecule has 2 heterocycles. The summed E-state index contributed by atoms with van der Waals surface area (Å²) in [6.45, 7) is 7.04. The largest absolute Gasteiger partial charge is 0.573 e. The van der Waals surface area contributed by atoms with Crippen molar-refractivity contribution in [3.05, 3.63) is 59.7 Å². The molecule has 204 valence electrons. The van der Waals surface area contributed by atoms with E-state index in [1.807, 2.05) is 17.9 Å². The lowest BCUT2D eigenvalue weighted by Gasteiger charge is -2.41. The van der Waals surface area contributed by atoms with E-state index in [1.165, 1.54) is 17.7 Å². The fourth-order valence-electron chi connectivity index (χ4n) is 5.26. The number of carbonyl (C=O) groups is 1. The number of alkyl halides is 3. The van der Waals surface area contributed by atoms with Crippen molar-refractivity contribution in [2.45, 2.75) is 45.1 Å². The molecule has 0 saturated carbocycles. The lowest BCUT2D eigenvalue weighted by Crippen LogP contribution is -2.56. The summed E-state index contributed by atoms with van der Waals surface area (Å²) in [6.07, 6.45) is -1.68. The highest BCUT2D eigenvalue weighted by atomic mass is 19.4. The van der Waals surface area contributed by atoms with Crippen LogP contribution in [0.5, 0.6) is 5.75 Å². The zero-order valence-electron chi connectivity index (χ0n) is 21.6. The van der Waals surface area contributed by atoms with Crippen LogP contribution in [0.15, 0.2) is 48.5 Å². The van der Waals surface area contributed by atoms with E-state index < -0.39 is 12.1 Å². The minimum absolute atomic E-state index is 0.111. The zero-order chi connectivity index (χ0) is 27.1. The van der Waals surface area contributed by atoms with Gasteiger partial charge in [-0.25, -0.2) is 4.79 Å². The monoisotopic (exact) mass is 529 g/mol. The second-order valence-electron chi connectivity index (χ2n) is 10.1. The van der Waals surface area contributed by atoms with Gasteiger partial charge in [-0.1, -0.05) is 30.3 Å². The predicted molar refractivity (Wildman–Crippen MR) is 139 cm³/mol. The number of piperazine rings is 1. The van der Waals surface area contributed by atoms with Gasteiger partial charge < -0.3 is 19.9 Å². The molecule has 0 aromatic heterocycles. The van der Waals surface area contributed by atoms with Crippen molar-refractivity contribution in [3.63, 3.8) is 0 Å². The third kappa shape index (κ3) is 7.54. The Morgan fingerprint density at radius 2 is 1.84 bits per heavy atom. The van der Waals surface area contributed by atoms with Gasteiger partial charge in [-0.15, -0.1) is 13.2 Å². The standard InChI is InChI=1S/C28H34F3N5O2/c1-21-19-35(25-8-7-24(18-32)26(17-25)38-28(29,30)31)15-16-36(21)27(37)33-12-9-22-10-13-34(14-11-22)20-23-5-3-2-4-6-23/h2-8,17,21-22H,9-16,19-20H2,1H3,(H,33,37)/t21-/m1/s1. The molecular formula is C28H34F3N5O2. The van der Waals surface area contributed by atoms with Crippen LogP contribution in [0.1, 0.15) is 37.3 Å². The number of benzene rings is 2. The number of hydrogen-bond donors (Lipinski definition) is 1. The summed E-state index contributed by atoms with van der Waals surface area (Å²) in [5.41, 5.74) is 1.68. The fourth-order valence-corrected chi connectivity index (χ4v) is 5.26.